The smallest absolute Gasteiger partial charge is 0.130 e. The molecule has 11 rings (SSSR count). The number of likely N-dealkylation sites (N-methyl/N-ethyl adjacent to an activating group) is 1. The molecule has 10 atom stereocenters. The van der Waals surface area contributed by atoms with Crippen LogP contribution in [0, 0.1) is 23.7 Å². The number of allylic oxidation sites excluding steroid dienone is 14. The molecule has 292 valence electrons. The number of hydrogen-bond acceptors (Lipinski definition) is 5. The van der Waals surface area contributed by atoms with Gasteiger partial charge in [0.1, 0.15) is 11.9 Å². The van der Waals surface area contributed by atoms with Crippen LogP contribution in [-0.4, -0.2) is 47.4 Å². The van der Waals surface area contributed by atoms with Gasteiger partial charge in [0, 0.05) is 29.4 Å². The standard InChI is InChI=1S/C52H58N4O/c1-55-51(36-21-10-4-11-22-36)53-50(35-19-8-3-9-20-35)54-52(55)44-33-37(34-17-6-2-7-18-34)29-30-39(44)40-26-16-27-41-42-31-32-46-47(49(42)57-48(40)41)43-25-14-15-28-45(43)56(46)38-23-12-5-13-24-38/h2-8,10-13,17,19,21-23,26,28,31-34,38,41,43,46-48,50-54H,9,14-16,18,20,24-25,27,29-30H2,1H3. The van der Waals surface area contributed by atoms with E-state index in [1.807, 2.05) is 0 Å². The van der Waals surface area contributed by atoms with Crippen LogP contribution in [0.4, 0.5) is 0 Å². The van der Waals surface area contributed by atoms with Crippen molar-refractivity contribution in [1.29, 1.82) is 0 Å². The Balaban J connectivity index is 0.978. The van der Waals surface area contributed by atoms with E-state index in [0.717, 1.165) is 51.4 Å². The Morgan fingerprint density at radius 1 is 0.737 bits per heavy atom. The first-order chi connectivity index (χ1) is 28.2. The second kappa shape index (κ2) is 15.1. The molecule has 10 aliphatic rings. The van der Waals surface area contributed by atoms with Crippen molar-refractivity contribution in [2.75, 3.05) is 7.05 Å². The van der Waals surface area contributed by atoms with Crippen LogP contribution >= 0.6 is 0 Å². The molecule has 5 heteroatoms. The molecule has 0 saturated carbocycles. The van der Waals surface area contributed by atoms with E-state index in [9.17, 15) is 0 Å². The van der Waals surface area contributed by atoms with Gasteiger partial charge < -0.3 is 9.64 Å². The highest BCUT2D eigenvalue weighted by atomic mass is 16.5. The van der Waals surface area contributed by atoms with Crippen LogP contribution in [0.5, 0.6) is 0 Å². The van der Waals surface area contributed by atoms with Gasteiger partial charge in [0.2, 0.25) is 0 Å². The Hall–Kier alpha value is -4.42. The fraction of sp³-hybridized carbons (Fsp3) is 0.423. The minimum absolute atomic E-state index is 0.0344. The molecule has 3 heterocycles. The van der Waals surface area contributed by atoms with Crippen LogP contribution in [0.1, 0.15) is 82.4 Å². The highest BCUT2D eigenvalue weighted by molar-refractivity contribution is 5.54. The van der Waals surface area contributed by atoms with Crippen LogP contribution in [-0.2, 0) is 4.74 Å². The second-order valence-electron chi connectivity index (χ2n) is 17.9. The van der Waals surface area contributed by atoms with Crippen LogP contribution in [0.3, 0.4) is 0 Å². The second-order valence-corrected chi connectivity index (χ2v) is 17.9. The summed E-state index contributed by atoms with van der Waals surface area (Å²) in [6.07, 6.45) is 51.0. The van der Waals surface area contributed by atoms with Gasteiger partial charge in [-0.05, 0) is 111 Å². The van der Waals surface area contributed by atoms with E-state index >= 15 is 0 Å². The summed E-state index contributed by atoms with van der Waals surface area (Å²) in [6, 6.07) is 11.9. The van der Waals surface area contributed by atoms with Crippen molar-refractivity contribution >= 4 is 0 Å². The molecule has 5 nitrogen and oxygen atoms in total. The van der Waals surface area contributed by atoms with Crippen molar-refractivity contribution in [2.45, 2.75) is 107 Å². The fourth-order valence-corrected chi connectivity index (χ4v) is 12.2. The van der Waals surface area contributed by atoms with Gasteiger partial charge in [0.15, 0.2) is 0 Å². The van der Waals surface area contributed by atoms with Crippen molar-refractivity contribution in [1.82, 2.24) is 20.4 Å². The third kappa shape index (κ3) is 6.24. The van der Waals surface area contributed by atoms with E-state index in [4.69, 9.17) is 4.74 Å². The quantitative estimate of drug-likeness (QED) is 0.303. The SMILES string of the molecule is CN1C(C2=C(C3=CCCC4C5=C(OC34)C3C4CCCC=C4N(C4C=CC=CC4)C3C=C5)CCC(C3C=CC=CC3)=C2)NC(C2=CC=CCC2)NC1c1ccccc1. The lowest BCUT2D eigenvalue weighted by molar-refractivity contribution is 0.0716. The highest BCUT2D eigenvalue weighted by Gasteiger charge is 2.54. The molecule has 2 N–H and O–H groups in total. The molecule has 3 aliphatic heterocycles. The zero-order valence-electron chi connectivity index (χ0n) is 33.5. The largest absolute Gasteiger partial charge is 0.489 e. The van der Waals surface area contributed by atoms with Gasteiger partial charge in [-0.15, -0.1) is 0 Å². The highest BCUT2D eigenvalue weighted by Crippen LogP contribution is 2.57. The van der Waals surface area contributed by atoms with Gasteiger partial charge in [0.05, 0.1) is 30.6 Å². The van der Waals surface area contributed by atoms with Crippen molar-refractivity contribution in [3.8, 4) is 0 Å². The Morgan fingerprint density at radius 2 is 1.61 bits per heavy atom. The third-order valence-electron chi connectivity index (χ3n) is 14.9. The van der Waals surface area contributed by atoms with Crippen molar-refractivity contribution < 1.29 is 4.74 Å². The monoisotopic (exact) mass is 754 g/mol. The number of nitrogens with zero attached hydrogens (tertiary/aromatic N) is 2. The maximum atomic E-state index is 7.58. The van der Waals surface area contributed by atoms with Gasteiger partial charge in [-0.2, -0.15) is 0 Å². The molecular formula is C52H58N4O. The topological polar surface area (TPSA) is 39.8 Å². The number of ether oxygens (including phenoxy) is 1. The molecule has 1 aromatic rings. The van der Waals surface area contributed by atoms with Gasteiger partial charge in [-0.3, -0.25) is 15.5 Å². The van der Waals surface area contributed by atoms with Crippen molar-refractivity contribution in [3.05, 3.63) is 178 Å². The van der Waals surface area contributed by atoms with Crippen LogP contribution in [0.25, 0.3) is 0 Å². The van der Waals surface area contributed by atoms with E-state index in [-0.39, 0.29) is 24.6 Å². The lowest BCUT2D eigenvalue weighted by Gasteiger charge is -2.48. The number of rotatable bonds is 6. The molecule has 0 aromatic heterocycles. The molecule has 0 amide bonds. The number of benzene rings is 1. The predicted octanol–water partition coefficient (Wildman–Crippen LogP) is 10.3. The summed E-state index contributed by atoms with van der Waals surface area (Å²) >= 11 is 0. The first-order valence-corrected chi connectivity index (χ1v) is 22.2. The van der Waals surface area contributed by atoms with E-state index in [2.05, 4.69) is 155 Å². The van der Waals surface area contributed by atoms with Gasteiger partial charge in [-0.1, -0.05) is 133 Å². The lowest BCUT2D eigenvalue weighted by atomic mass is 9.72. The number of nitrogens with one attached hydrogen (secondary N) is 2. The molecule has 0 spiro atoms. The molecule has 0 bridgehead atoms. The molecule has 1 aromatic carbocycles. The van der Waals surface area contributed by atoms with Crippen LogP contribution in [0.2, 0.25) is 0 Å². The summed E-state index contributed by atoms with van der Waals surface area (Å²) in [7, 11) is 2.32. The molecule has 2 fully saturated rings. The zero-order valence-corrected chi connectivity index (χ0v) is 33.5. The summed E-state index contributed by atoms with van der Waals surface area (Å²) in [5, 5.41) is 8.26. The maximum absolute atomic E-state index is 7.58. The maximum Gasteiger partial charge on any atom is 0.130 e. The molecule has 10 unspecified atom stereocenters. The molecular weight excluding hydrogens is 697 g/mol. The predicted molar refractivity (Wildman–Crippen MR) is 231 cm³/mol. The summed E-state index contributed by atoms with van der Waals surface area (Å²) < 4.78 is 7.58. The summed E-state index contributed by atoms with van der Waals surface area (Å²) in [5.41, 5.74) is 11.8. The summed E-state index contributed by atoms with van der Waals surface area (Å²) in [5.74, 6) is 3.14. The van der Waals surface area contributed by atoms with Crippen molar-refractivity contribution in [2.24, 2.45) is 23.7 Å². The summed E-state index contributed by atoms with van der Waals surface area (Å²) in [4.78, 5) is 5.35. The Morgan fingerprint density at radius 3 is 2.44 bits per heavy atom. The Labute approximate surface area is 340 Å². The number of hydrogen-bond donors (Lipinski definition) is 2. The molecule has 2 saturated heterocycles. The van der Waals surface area contributed by atoms with E-state index in [1.165, 1.54) is 58.5 Å². The van der Waals surface area contributed by atoms with Gasteiger partial charge in [0.25, 0.3) is 0 Å². The Kier molecular flexibility index (Phi) is 9.44. The molecule has 0 radical (unpaired) electrons. The number of likely N-dealkylation sites (tertiary alicyclic amines) is 1. The molecule has 7 aliphatic carbocycles. The summed E-state index contributed by atoms with van der Waals surface area (Å²) in [6.45, 7) is 0. The van der Waals surface area contributed by atoms with E-state index in [1.54, 1.807) is 11.3 Å². The first-order valence-electron chi connectivity index (χ1n) is 22.2. The lowest BCUT2D eigenvalue weighted by Crippen LogP contribution is -2.64. The minimum atomic E-state index is 0.0344. The van der Waals surface area contributed by atoms with E-state index in [0.29, 0.717) is 35.8 Å². The fourth-order valence-electron chi connectivity index (χ4n) is 12.2. The van der Waals surface area contributed by atoms with Crippen LogP contribution in [0.15, 0.2) is 172 Å². The number of fused-ring (bicyclic) bond motifs is 6. The van der Waals surface area contributed by atoms with E-state index < -0.39 is 0 Å². The van der Waals surface area contributed by atoms with Crippen LogP contribution < -0.4 is 10.6 Å². The minimum Gasteiger partial charge on any atom is -0.489 e. The average Bonchev–Trinajstić information content (AvgIpc) is 3.84. The first kappa shape index (κ1) is 35.7. The average molecular weight is 755 g/mol. The van der Waals surface area contributed by atoms with Gasteiger partial charge >= 0.3 is 0 Å². The normalized spacial score (nSPS) is 36.9. The molecule has 57 heavy (non-hydrogen) atoms. The van der Waals surface area contributed by atoms with Crippen molar-refractivity contribution in [3.63, 3.8) is 0 Å². The van der Waals surface area contributed by atoms with Gasteiger partial charge in [-0.25, -0.2) is 0 Å². The third-order valence-corrected chi connectivity index (χ3v) is 14.9. The Bertz CT molecular complexity index is 2150. The zero-order chi connectivity index (χ0) is 37.9.